The molecule has 0 aliphatic heterocycles. The van der Waals surface area contributed by atoms with Crippen LogP contribution in [-0.4, -0.2) is 0 Å². The van der Waals surface area contributed by atoms with Crippen LogP contribution in [0.2, 0.25) is 0 Å². The molecule has 1 aromatic heterocycles. The molecule has 0 radical (unpaired) electrons. The molecule has 1 atom stereocenters. The number of thiophene rings is 1. The van der Waals surface area contributed by atoms with Gasteiger partial charge in [0.05, 0.1) is 0 Å². The van der Waals surface area contributed by atoms with Crippen molar-refractivity contribution in [1.29, 1.82) is 0 Å². The summed E-state index contributed by atoms with van der Waals surface area (Å²) in [5.41, 5.74) is 9.25. The molecule has 0 saturated heterocycles. The molecule has 4 rings (SSSR count). The molecular weight excluding hydrogens is 392 g/mol. The third-order valence-electron chi connectivity index (χ3n) is 8.21. The number of rotatable bonds is 7. The average Bonchev–Trinajstić information content (AvgIpc) is 3.40. The zero-order chi connectivity index (χ0) is 22.4. The molecule has 0 spiro atoms. The summed E-state index contributed by atoms with van der Waals surface area (Å²) in [7, 11) is 0. The van der Waals surface area contributed by atoms with Gasteiger partial charge in [0.25, 0.3) is 0 Å². The first-order valence-corrected chi connectivity index (χ1v) is 13.0. The Hall–Kier alpha value is -1.86. The van der Waals surface area contributed by atoms with Gasteiger partial charge >= 0.3 is 0 Å². The summed E-state index contributed by atoms with van der Waals surface area (Å²) in [6.07, 6.45) is 4.65. The first kappa shape index (κ1) is 22.3. The summed E-state index contributed by atoms with van der Waals surface area (Å²) in [5, 5.41) is 0. The molecule has 0 bridgehead atoms. The molecule has 1 heterocycles. The van der Waals surface area contributed by atoms with E-state index < -0.39 is 0 Å². The van der Waals surface area contributed by atoms with Crippen molar-refractivity contribution in [1.82, 2.24) is 0 Å². The molecular formula is C30H38S. The van der Waals surface area contributed by atoms with Crippen LogP contribution < -0.4 is 0 Å². The van der Waals surface area contributed by atoms with Crippen LogP contribution in [0.4, 0.5) is 0 Å². The van der Waals surface area contributed by atoms with E-state index in [0.717, 1.165) is 12.8 Å². The SMILES string of the molecule is CCC(C)c1ccc2c(c1)C(CC)(CC)c1cc(-c3ccc(C(C)(C)CC)s3)ccc1-2. The normalized spacial score (nSPS) is 15.6. The Morgan fingerprint density at radius 3 is 2.10 bits per heavy atom. The highest BCUT2D eigenvalue weighted by Gasteiger charge is 2.41. The molecule has 31 heavy (non-hydrogen) atoms. The lowest BCUT2D eigenvalue weighted by Gasteiger charge is -2.30. The van der Waals surface area contributed by atoms with Crippen LogP contribution in [0, 0.1) is 0 Å². The van der Waals surface area contributed by atoms with Gasteiger partial charge in [-0.1, -0.05) is 78.8 Å². The third kappa shape index (κ3) is 3.50. The van der Waals surface area contributed by atoms with Crippen LogP contribution in [0.5, 0.6) is 0 Å². The van der Waals surface area contributed by atoms with Gasteiger partial charge in [-0.3, -0.25) is 0 Å². The molecule has 164 valence electrons. The second kappa shape index (κ2) is 8.24. The van der Waals surface area contributed by atoms with E-state index in [1.54, 1.807) is 5.56 Å². The highest BCUT2D eigenvalue weighted by molar-refractivity contribution is 7.15. The van der Waals surface area contributed by atoms with E-state index in [9.17, 15) is 0 Å². The molecule has 0 nitrogen and oxygen atoms in total. The Morgan fingerprint density at radius 2 is 1.48 bits per heavy atom. The maximum absolute atomic E-state index is 2.53. The van der Waals surface area contributed by atoms with Crippen molar-refractivity contribution < 1.29 is 0 Å². The third-order valence-corrected chi connectivity index (χ3v) is 9.71. The van der Waals surface area contributed by atoms with E-state index in [2.05, 4.69) is 97.0 Å². The zero-order valence-electron chi connectivity index (χ0n) is 20.4. The monoisotopic (exact) mass is 430 g/mol. The molecule has 1 unspecified atom stereocenters. The summed E-state index contributed by atoms with van der Waals surface area (Å²) < 4.78 is 0. The topological polar surface area (TPSA) is 0 Å². The second-order valence-corrected chi connectivity index (χ2v) is 11.1. The fourth-order valence-electron chi connectivity index (χ4n) is 5.25. The van der Waals surface area contributed by atoms with Crippen molar-refractivity contribution >= 4 is 11.3 Å². The Kier molecular flexibility index (Phi) is 5.94. The van der Waals surface area contributed by atoms with Gasteiger partial charge < -0.3 is 0 Å². The van der Waals surface area contributed by atoms with Gasteiger partial charge in [0.15, 0.2) is 0 Å². The number of hydrogen-bond acceptors (Lipinski definition) is 1. The maximum atomic E-state index is 2.53. The van der Waals surface area contributed by atoms with Gasteiger partial charge in [0.1, 0.15) is 0 Å². The molecule has 0 amide bonds. The van der Waals surface area contributed by atoms with Crippen molar-refractivity contribution in [2.75, 3.05) is 0 Å². The summed E-state index contributed by atoms with van der Waals surface area (Å²) in [6, 6.07) is 19.2. The van der Waals surface area contributed by atoms with E-state index in [4.69, 9.17) is 0 Å². The quantitative estimate of drug-likeness (QED) is 0.350. The minimum atomic E-state index is 0.132. The average molecular weight is 431 g/mol. The smallest absolute Gasteiger partial charge is 0.0345 e. The molecule has 3 aromatic rings. The van der Waals surface area contributed by atoms with Gasteiger partial charge in [-0.25, -0.2) is 0 Å². The van der Waals surface area contributed by atoms with Crippen LogP contribution in [0.1, 0.15) is 102 Å². The van der Waals surface area contributed by atoms with Crippen molar-refractivity contribution in [3.05, 3.63) is 70.1 Å². The molecule has 1 aliphatic carbocycles. The summed E-state index contributed by atoms with van der Waals surface area (Å²) in [5.74, 6) is 0.613. The number of benzene rings is 2. The predicted octanol–water partition coefficient (Wildman–Crippen LogP) is 9.70. The van der Waals surface area contributed by atoms with Crippen LogP contribution in [0.3, 0.4) is 0 Å². The molecule has 1 aliphatic rings. The van der Waals surface area contributed by atoms with Crippen LogP contribution in [0.25, 0.3) is 21.6 Å². The lowest BCUT2D eigenvalue weighted by atomic mass is 9.73. The molecule has 1 heteroatoms. The van der Waals surface area contributed by atoms with Crippen molar-refractivity contribution in [3.63, 3.8) is 0 Å². The Balaban J connectivity index is 1.84. The zero-order valence-corrected chi connectivity index (χ0v) is 21.2. The first-order valence-electron chi connectivity index (χ1n) is 12.2. The van der Waals surface area contributed by atoms with Gasteiger partial charge in [0.2, 0.25) is 0 Å². The standard InChI is InChI=1S/C30H38S/c1-8-20(5)21-12-14-23-24-15-13-22(27-16-17-28(31-27)29(6,7)9-2)19-26(24)30(10-3,11-4)25(23)18-21/h12-20H,8-11H2,1-7H3. The Labute approximate surface area is 193 Å². The maximum Gasteiger partial charge on any atom is 0.0345 e. The predicted molar refractivity (Wildman–Crippen MR) is 139 cm³/mol. The molecule has 0 N–H and O–H groups in total. The Bertz CT molecular complexity index is 1080. The number of fused-ring (bicyclic) bond motifs is 3. The van der Waals surface area contributed by atoms with E-state index in [1.165, 1.54) is 50.4 Å². The second-order valence-electron chi connectivity index (χ2n) is 10.1. The molecule has 0 saturated carbocycles. The van der Waals surface area contributed by atoms with Gasteiger partial charge in [-0.15, -0.1) is 11.3 Å². The van der Waals surface area contributed by atoms with Crippen molar-refractivity contribution in [2.45, 2.75) is 90.9 Å². The fourth-order valence-corrected chi connectivity index (χ4v) is 6.43. The van der Waals surface area contributed by atoms with Crippen LogP contribution in [0.15, 0.2) is 48.5 Å². The van der Waals surface area contributed by atoms with Crippen molar-refractivity contribution in [2.24, 2.45) is 0 Å². The lowest BCUT2D eigenvalue weighted by molar-refractivity contribution is 0.489. The van der Waals surface area contributed by atoms with Gasteiger partial charge in [0, 0.05) is 15.2 Å². The molecule has 0 fully saturated rings. The van der Waals surface area contributed by atoms with E-state index >= 15 is 0 Å². The van der Waals surface area contributed by atoms with E-state index in [0.29, 0.717) is 5.92 Å². The largest absolute Gasteiger partial charge is 0.140 e. The van der Waals surface area contributed by atoms with E-state index in [1.807, 2.05) is 11.3 Å². The lowest BCUT2D eigenvalue weighted by Crippen LogP contribution is -2.23. The van der Waals surface area contributed by atoms with Crippen molar-refractivity contribution in [3.8, 4) is 21.6 Å². The summed E-state index contributed by atoms with van der Waals surface area (Å²) >= 11 is 1.97. The fraction of sp³-hybridized carbons (Fsp3) is 0.467. The first-order chi connectivity index (χ1) is 14.8. The summed E-state index contributed by atoms with van der Waals surface area (Å²) in [6.45, 7) is 16.4. The Morgan fingerprint density at radius 1 is 0.839 bits per heavy atom. The molecule has 2 aromatic carbocycles. The minimum Gasteiger partial charge on any atom is -0.140 e. The minimum absolute atomic E-state index is 0.132. The number of hydrogen-bond donors (Lipinski definition) is 0. The van der Waals surface area contributed by atoms with Gasteiger partial charge in [-0.05, 0) is 88.6 Å². The highest BCUT2D eigenvalue weighted by atomic mass is 32.1. The van der Waals surface area contributed by atoms with Crippen LogP contribution >= 0.6 is 11.3 Å². The van der Waals surface area contributed by atoms with E-state index in [-0.39, 0.29) is 10.8 Å². The highest BCUT2D eigenvalue weighted by Crippen LogP contribution is 2.54. The van der Waals surface area contributed by atoms with Crippen LogP contribution in [-0.2, 0) is 10.8 Å². The van der Waals surface area contributed by atoms with Gasteiger partial charge in [-0.2, -0.15) is 0 Å². The summed E-state index contributed by atoms with van der Waals surface area (Å²) in [4.78, 5) is 2.89.